The molecular formula is C71H121NO8. The molecule has 7 unspecified atom stereocenters. The van der Waals surface area contributed by atoms with E-state index in [9.17, 15) is 30.3 Å². The largest absolute Gasteiger partial charge is 0.394 e. The van der Waals surface area contributed by atoms with Crippen LogP contribution in [0.3, 0.4) is 0 Å². The Kier molecular flexibility index (Phi) is 54.8. The fraction of sp³-hybridized carbons (Fsp3) is 0.704. The lowest BCUT2D eigenvalue weighted by Crippen LogP contribution is -2.60. The van der Waals surface area contributed by atoms with Crippen molar-refractivity contribution in [3.05, 3.63) is 122 Å². The summed E-state index contributed by atoms with van der Waals surface area (Å²) in [6, 6.07) is -0.833. The topological polar surface area (TPSA) is 149 Å². The quantitative estimate of drug-likeness (QED) is 0.0261. The third-order valence-electron chi connectivity index (χ3n) is 14.7. The molecule has 0 bridgehead atoms. The van der Waals surface area contributed by atoms with Crippen molar-refractivity contribution in [1.29, 1.82) is 0 Å². The van der Waals surface area contributed by atoms with Crippen LogP contribution in [0.25, 0.3) is 0 Å². The normalized spacial score (nSPS) is 19.3. The molecule has 1 aliphatic rings. The first-order valence-electron chi connectivity index (χ1n) is 32.8. The van der Waals surface area contributed by atoms with Gasteiger partial charge in [-0.2, -0.15) is 0 Å². The Balaban J connectivity index is 2.09. The molecule has 9 heteroatoms. The summed E-state index contributed by atoms with van der Waals surface area (Å²) >= 11 is 0. The number of nitrogens with one attached hydrogen (secondary N) is 1. The van der Waals surface area contributed by atoms with E-state index in [1.54, 1.807) is 6.08 Å². The Morgan fingerprint density at radius 2 is 0.787 bits per heavy atom. The highest BCUT2D eigenvalue weighted by Crippen LogP contribution is 2.23. The first-order chi connectivity index (χ1) is 39.3. The lowest BCUT2D eigenvalue weighted by Gasteiger charge is -2.40. The van der Waals surface area contributed by atoms with Gasteiger partial charge < -0.3 is 40.3 Å². The monoisotopic (exact) mass is 1120 g/mol. The fourth-order valence-electron chi connectivity index (χ4n) is 9.64. The lowest BCUT2D eigenvalue weighted by atomic mass is 9.99. The number of amides is 1. The molecule has 0 aromatic rings. The maximum atomic E-state index is 13.1. The van der Waals surface area contributed by atoms with Crippen molar-refractivity contribution in [3.8, 4) is 0 Å². The zero-order chi connectivity index (χ0) is 57.9. The summed E-state index contributed by atoms with van der Waals surface area (Å²) in [7, 11) is 0. The summed E-state index contributed by atoms with van der Waals surface area (Å²) in [6.45, 7) is 3.63. The van der Waals surface area contributed by atoms with Crippen LogP contribution < -0.4 is 5.32 Å². The maximum Gasteiger partial charge on any atom is 0.220 e. The Labute approximate surface area is 490 Å². The van der Waals surface area contributed by atoms with Gasteiger partial charge in [-0.05, 0) is 103 Å². The van der Waals surface area contributed by atoms with Crippen LogP contribution in [0.2, 0.25) is 0 Å². The predicted octanol–water partition coefficient (Wildman–Crippen LogP) is 17.5. The van der Waals surface area contributed by atoms with Gasteiger partial charge in [-0.3, -0.25) is 4.79 Å². The number of carbonyl (C=O) groups is 1. The van der Waals surface area contributed by atoms with Gasteiger partial charge in [0.05, 0.1) is 25.4 Å². The smallest absolute Gasteiger partial charge is 0.220 e. The van der Waals surface area contributed by atoms with Crippen LogP contribution in [0.5, 0.6) is 0 Å². The molecular weight excluding hydrogens is 995 g/mol. The van der Waals surface area contributed by atoms with E-state index < -0.39 is 49.5 Å². The van der Waals surface area contributed by atoms with Gasteiger partial charge in [0.25, 0.3) is 0 Å². The van der Waals surface area contributed by atoms with E-state index in [4.69, 9.17) is 9.47 Å². The molecule has 0 aliphatic carbocycles. The van der Waals surface area contributed by atoms with Crippen molar-refractivity contribution in [1.82, 2.24) is 5.32 Å². The molecule has 1 aliphatic heterocycles. The minimum atomic E-state index is -1.58. The number of ether oxygens (including phenoxy) is 2. The molecule has 9 nitrogen and oxygen atoms in total. The molecule has 0 aromatic heterocycles. The van der Waals surface area contributed by atoms with Crippen molar-refractivity contribution in [3.63, 3.8) is 0 Å². The van der Waals surface area contributed by atoms with Crippen molar-refractivity contribution in [2.45, 2.75) is 307 Å². The van der Waals surface area contributed by atoms with Crippen molar-refractivity contribution in [2.24, 2.45) is 0 Å². The molecule has 6 N–H and O–H groups in total. The Bertz CT molecular complexity index is 1670. The second-order valence-electron chi connectivity index (χ2n) is 22.2. The fourth-order valence-corrected chi connectivity index (χ4v) is 9.64. The van der Waals surface area contributed by atoms with E-state index in [2.05, 4.69) is 129 Å². The van der Waals surface area contributed by atoms with Gasteiger partial charge in [0.2, 0.25) is 5.91 Å². The molecule has 7 atom stereocenters. The molecule has 1 amide bonds. The first kappa shape index (κ1) is 74.6. The molecule has 1 saturated heterocycles. The average molecular weight is 1120 g/mol. The van der Waals surface area contributed by atoms with Gasteiger partial charge in [-0.15, -0.1) is 0 Å². The third-order valence-corrected chi connectivity index (χ3v) is 14.7. The van der Waals surface area contributed by atoms with Gasteiger partial charge in [-0.1, -0.05) is 277 Å². The standard InChI is InChI=1S/C71H121NO8/c1-3-5-7-9-11-13-15-17-19-21-22-23-24-25-26-27-28-29-30-31-32-33-34-35-36-37-38-39-40-41-42-43-44-45-47-49-51-53-55-57-59-61-67(75)72-64(63-79-71-70(78)69(77)68(76)66(62-73)80-71)65(74)60-58-56-54-52-50-48-46-20-18-16-14-12-10-8-6-4-2/h5,7,11,13,17-20,22-23,25-26,28-29,31-32,50,52,58,60,64-66,68-71,73-74,76-78H,3-4,6,8-10,12,14-16,21,24,27,30,33-49,51,53-57,59,61-63H2,1-2H3,(H,72,75)/b7-5-,13-11-,19-17-,20-18+,23-22-,26-25-,29-28-,32-31-,52-50+,60-58+. The van der Waals surface area contributed by atoms with Gasteiger partial charge in [0.15, 0.2) is 6.29 Å². The van der Waals surface area contributed by atoms with Gasteiger partial charge in [-0.25, -0.2) is 0 Å². The van der Waals surface area contributed by atoms with Crippen LogP contribution in [-0.2, 0) is 14.3 Å². The molecule has 80 heavy (non-hydrogen) atoms. The zero-order valence-electron chi connectivity index (χ0n) is 51.0. The summed E-state index contributed by atoms with van der Waals surface area (Å²) in [5.74, 6) is -0.192. The highest BCUT2D eigenvalue weighted by Gasteiger charge is 2.44. The number of unbranched alkanes of at least 4 members (excludes halogenated alkanes) is 27. The van der Waals surface area contributed by atoms with Crippen LogP contribution in [0.15, 0.2) is 122 Å². The predicted molar refractivity (Wildman–Crippen MR) is 340 cm³/mol. The minimum absolute atomic E-state index is 0.192. The molecule has 1 heterocycles. The van der Waals surface area contributed by atoms with Crippen LogP contribution >= 0.6 is 0 Å². The van der Waals surface area contributed by atoms with E-state index in [1.807, 2.05) is 6.08 Å². The summed E-state index contributed by atoms with van der Waals surface area (Å²) in [4.78, 5) is 13.1. The van der Waals surface area contributed by atoms with Crippen molar-refractivity contribution in [2.75, 3.05) is 13.2 Å². The van der Waals surface area contributed by atoms with E-state index >= 15 is 0 Å². The number of aliphatic hydroxyl groups is 5. The second kappa shape index (κ2) is 58.8. The zero-order valence-corrected chi connectivity index (χ0v) is 51.0. The van der Waals surface area contributed by atoms with E-state index in [1.165, 1.54) is 148 Å². The Morgan fingerprint density at radius 1 is 0.438 bits per heavy atom. The Morgan fingerprint density at radius 3 is 1.20 bits per heavy atom. The van der Waals surface area contributed by atoms with E-state index in [-0.39, 0.29) is 12.5 Å². The van der Waals surface area contributed by atoms with E-state index in [0.29, 0.717) is 6.42 Å². The van der Waals surface area contributed by atoms with Crippen LogP contribution in [0.4, 0.5) is 0 Å². The van der Waals surface area contributed by atoms with Crippen molar-refractivity contribution < 1.29 is 39.8 Å². The third kappa shape index (κ3) is 47.1. The molecule has 458 valence electrons. The number of rotatable bonds is 55. The minimum Gasteiger partial charge on any atom is -0.394 e. The summed E-state index contributed by atoms with van der Waals surface area (Å²) in [6.07, 6.45) is 81.5. The first-order valence-corrected chi connectivity index (χ1v) is 32.8. The van der Waals surface area contributed by atoms with Gasteiger partial charge in [0.1, 0.15) is 24.4 Å². The molecule has 1 fully saturated rings. The number of allylic oxidation sites excluding steroid dienone is 19. The SMILES string of the molecule is CC/C=C\C/C=C\C/C=C\C/C=C\C/C=C\C/C=C\C/C=C\CCCCCCCCCCCCCCCCCCCCCC(=O)NC(COC1OC(CO)C(O)C(O)C1O)C(O)/C=C/CC/C=C/CC/C=C/CCCCCCCC. The molecule has 1 rings (SSSR count). The molecule has 0 spiro atoms. The summed E-state index contributed by atoms with van der Waals surface area (Å²) < 4.78 is 11.3. The number of carbonyl (C=O) groups excluding carboxylic acids is 1. The second-order valence-corrected chi connectivity index (χ2v) is 22.2. The maximum absolute atomic E-state index is 13.1. The summed E-state index contributed by atoms with van der Waals surface area (Å²) in [5.41, 5.74) is 0. The van der Waals surface area contributed by atoms with Gasteiger partial charge in [0, 0.05) is 6.42 Å². The average Bonchev–Trinajstić information content (AvgIpc) is 3.46. The number of hydrogen-bond donors (Lipinski definition) is 6. The van der Waals surface area contributed by atoms with Crippen LogP contribution in [0, 0.1) is 0 Å². The number of aliphatic hydroxyl groups excluding tert-OH is 5. The molecule has 0 saturated carbocycles. The van der Waals surface area contributed by atoms with E-state index in [0.717, 1.165) is 96.3 Å². The Hall–Kier alpha value is -3.41. The summed E-state index contributed by atoms with van der Waals surface area (Å²) in [5, 5.41) is 54.5. The van der Waals surface area contributed by atoms with Crippen LogP contribution in [-0.4, -0.2) is 87.5 Å². The highest BCUT2D eigenvalue weighted by atomic mass is 16.7. The highest BCUT2D eigenvalue weighted by molar-refractivity contribution is 5.76. The molecule has 0 radical (unpaired) electrons. The number of hydrogen-bond acceptors (Lipinski definition) is 8. The lowest BCUT2D eigenvalue weighted by molar-refractivity contribution is -0.302. The molecule has 0 aromatic carbocycles. The van der Waals surface area contributed by atoms with Crippen molar-refractivity contribution >= 4 is 5.91 Å². The van der Waals surface area contributed by atoms with Crippen LogP contribution in [0.1, 0.15) is 264 Å². The van der Waals surface area contributed by atoms with Gasteiger partial charge >= 0.3 is 0 Å².